The highest BCUT2D eigenvalue weighted by Crippen LogP contribution is 2.29. The van der Waals surface area contributed by atoms with Crippen molar-refractivity contribution < 1.29 is 4.79 Å². The molecule has 2 nitrogen and oxygen atoms in total. The zero-order valence-corrected chi connectivity index (χ0v) is 9.87. The van der Waals surface area contributed by atoms with Crippen LogP contribution in [-0.4, -0.2) is 10.5 Å². The third kappa shape index (κ3) is 2.72. The van der Waals surface area contributed by atoms with Gasteiger partial charge in [-0.25, -0.2) is 0 Å². The van der Waals surface area contributed by atoms with E-state index in [2.05, 4.69) is 42.1 Å². The van der Waals surface area contributed by atoms with Crippen LogP contribution >= 0.6 is 11.8 Å². The van der Waals surface area contributed by atoms with Gasteiger partial charge in [-0.2, -0.15) is 4.79 Å². The molecule has 1 aliphatic carbocycles. The Bertz CT molecular complexity index is 491. The molecule has 0 heterocycles. The Balaban J connectivity index is 2.07. The topological polar surface area (TPSA) is 36.4 Å². The maximum absolute atomic E-state index is 8.60. The van der Waals surface area contributed by atoms with Gasteiger partial charge >= 0.3 is 0 Å². The van der Waals surface area contributed by atoms with Crippen LogP contribution in [0.5, 0.6) is 0 Å². The summed E-state index contributed by atoms with van der Waals surface area (Å²) in [5, 5.41) is 0. The van der Waals surface area contributed by atoms with Crippen molar-refractivity contribution in [2.24, 2.45) is 0 Å². The van der Waals surface area contributed by atoms with Gasteiger partial charge in [-0.05, 0) is 25.1 Å². The van der Waals surface area contributed by atoms with Gasteiger partial charge in [-0.1, -0.05) is 35.5 Å². The molecule has 80 valence electrons. The summed E-state index contributed by atoms with van der Waals surface area (Å²) < 4.78 is 0. The predicted molar refractivity (Wildman–Crippen MR) is 67.5 cm³/mol. The first-order chi connectivity index (χ1) is 7.78. The van der Waals surface area contributed by atoms with Crippen molar-refractivity contribution in [1.29, 1.82) is 0 Å². The molecule has 0 saturated carbocycles. The Hall–Kier alpha value is -1.57. The highest BCUT2D eigenvalue weighted by Gasteiger charge is 2.08. The lowest BCUT2D eigenvalue weighted by Gasteiger charge is -2.04. The summed E-state index contributed by atoms with van der Waals surface area (Å²) in [7, 11) is 0. The van der Waals surface area contributed by atoms with Gasteiger partial charge in [0.25, 0.3) is 5.71 Å². The van der Waals surface area contributed by atoms with Gasteiger partial charge in [-0.3, -0.25) is 0 Å². The normalized spacial score (nSPS) is 14.6. The second-order valence-electron chi connectivity index (χ2n) is 3.65. The minimum atomic E-state index is 0.696. The van der Waals surface area contributed by atoms with Crippen LogP contribution in [0.25, 0.3) is 5.53 Å². The average Bonchev–Trinajstić information content (AvgIpc) is 2.33. The Morgan fingerprint density at radius 2 is 1.94 bits per heavy atom. The van der Waals surface area contributed by atoms with Crippen molar-refractivity contribution in [3.05, 3.63) is 58.5 Å². The molecular formula is C13H12N2S. The maximum atomic E-state index is 8.60. The SMILES string of the molecule is Cc1ccc(SC2=CCC(=[N+]=[N-])C=C2)cc1. The van der Waals surface area contributed by atoms with Crippen LogP contribution in [0.15, 0.2) is 52.3 Å². The summed E-state index contributed by atoms with van der Waals surface area (Å²) >= 11 is 1.72. The number of benzene rings is 1. The van der Waals surface area contributed by atoms with E-state index in [9.17, 15) is 0 Å². The molecule has 0 saturated heterocycles. The fraction of sp³-hybridized carbons (Fsp3) is 0.154. The third-order valence-electron chi connectivity index (χ3n) is 2.34. The first-order valence-electron chi connectivity index (χ1n) is 5.11. The minimum absolute atomic E-state index is 0.696. The van der Waals surface area contributed by atoms with Gasteiger partial charge < -0.3 is 5.53 Å². The van der Waals surface area contributed by atoms with Crippen LogP contribution in [0.3, 0.4) is 0 Å². The third-order valence-corrected chi connectivity index (χ3v) is 3.38. The van der Waals surface area contributed by atoms with E-state index in [0.717, 1.165) is 0 Å². The standard InChI is InChI=1S/C13H12N2S/c1-10-2-6-12(7-3-10)16-13-8-4-11(15-14)5-9-13/h2-4,6-9H,5H2,1H3. The van der Waals surface area contributed by atoms with Gasteiger partial charge in [0.15, 0.2) is 0 Å². The maximum Gasteiger partial charge on any atom is 0.295 e. The molecule has 1 aromatic rings. The van der Waals surface area contributed by atoms with E-state index in [1.54, 1.807) is 11.8 Å². The molecule has 0 radical (unpaired) electrons. The lowest BCUT2D eigenvalue weighted by molar-refractivity contribution is -0.00538. The summed E-state index contributed by atoms with van der Waals surface area (Å²) in [4.78, 5) is 5.60. The first kappa shape index (κ1) is 10.9. The highest BCUT2D eigenvalue weighted by atomic mass is 32.2. The molecule has 0 atom stereocenters. The molecule has 0 fully saturated rings. The van der Waals surface area contributed by atoms with Crippen molar-refractivity contribution in [1.82, 2.24) is 0 Å². The predicted octanol–water partition coefficient (Wildman–Crippen LogP) is 3.60. The number of nitrogens with zero attached hydrogens (tertiary/aromatic N) is 2. The molecule has 0 aliphatic heterocycles. The van der Waals surface area contributed by atoms with Crippen LogP contribution in [0, 0.1) is 6.92 Å². The fourth-order valence-electron chi connectivity index (χ4n) is 1.41. The van der Waals surface area contributed by atoms with Crippen LogP contribution in [0.1, 0.15) is 12.0 Å². The summed E-state index contributed by atoms with van der Waals surface area (Å²) in [5.74, 6) is 0. The molecule has 0 N–H and O–H groups in total. The van der Waals surface area contributed by atoms with E-state index in [1.165, 1.54) is 15.4 Å². The number of rotatable bonds is 2. The lowest BCUT2D eigenvalue weighted by Crippen LogP contribution is -1.97. The molecule has 16 heavy (non-hydrogen) atoms. The molecule has 1 aliphatic rings. The molecule has 0 amide bonds. The first-order valence-corrected chi connectivity index (χ1v) is 5.93. The number of thioether (sulfide) groups is 1. The quantitative estimate of drug-likeness (QED) is 0.562. The van der Waals surface area contributed by atoms with E-state index in [-0.39, 0.29) is 0 Å². The highest BCUT2D eigenvalue weighted by molar-refractivity contribution is 8.03. The fourth-order valence-corrected chi connectivity index (χ4v) is 2.26. The van der Waals surface area contributed by atoms with Crippen LogP contribution < -0.4 is 0 Å². The van der Waals surface area contributed by atoms with Crippen LogP contribution in [0.2, 0.25) is 0 Å². The van der Waals surface area contributed by atoms with E-state index < -0.39 is 0 Å². The summed E-state index contributed by atoms with van der Waals surface area (Å²) in [6.45, 7) is 2.08. The van der Waals surface area contributed by atoms with Gasteiger partial charge in [-0.15, -0.1) is 0 Å². The summed E-state index contributed by atoms with van der Waals surface area (Å²) in [5.41, 5.74) is 10.6. The second-order valence-corrected chi connectivity index (χ2v) is 4.80. The lowest BCUT2D eigenvalue weighted by atomic mass is 10.2. The smallest absolute Gasteiger partial charge is 0.295 e. The van der Waals surface area contributed by atoms with Gasteiger partial charge in [0.2, 0.25) is 0 Å². The van der Waals surface area contributed by atoms with E-state index in [1.807, 2.05) is 12.2 Å². The molecule has 0 spiro atoms. The van der Waals surface area contributed by atoms with Crippen molar-refractivity contribution in [3.8, 4) is 0 Å². The molecule has 0 aromatic heterocycles. The Labute approximate surface area is 99.3 Å². The molecule has 0 unspecified atom stereocenters. The molecule has 2 rings (SSSR count). The van der Waals surface area contributed by atoms with E-state index in [4.69, 9.17) is 5.53 Å². The molecule has 3 heteroatoms. The average molecular weight is 228 g/mol. The Kier molecular flexibility index (Phi) is 3.40. The van der Waals surface area contributed by atoms with Crippen LogP contribution in [-0.2, 0) is 0 Å². The number of allylic oxidation sites excluding steroid dienone is 3. The monoisotopic (exact) mass is 228 g/mol. The molecular weight excluding hydrogens is 216 g/mol. The minimum Gasteiger partial charge on any atom is -0.361 e. The van der Waals surface area contributed by atoms with Gasteiger partial charge in [0.05, 0.1) is 6.42 Å². The summed E-state index contributed by atoms with van der Waals surface area (Å²) in [6, 6.07) is 8.45. The second kappa shape index (κ2) is 4.97. The van der Waals surface area contributed by atoms with Crippen molar-refractivity contribution in [2.45, 2.75) is 18.2 Å². The number of hydrogen-bond acceptors (Lipinski definition) is 1. The molecule has 0 bridgehead atoms. The van der Waals surface area contributed by atoms with Crippen LogP contribution in [0.4, 0.5) is 0 Å². The van der Waals surface area contributed by atoms with Crippen molar-refractivity contribution in [3.63, 3.8) is 0 Å². The summed E-state index contributed by atoms with van der Waals surface area (Å²) in [6.07, 6.45) is 6.58. The van der Waals surface area contributed by atoms with E-state index in [0.29, 0.717) is 12.1 Å². The van der Waals surface area contributed by atoms with Crippen molar-refractivity contribution in [2.75, 3.05) is 0 Å². The zero-order valence-electron chi connectivity index (χ0n) is 9.05. The Morgan fingerprint density at radius 3 is 2.50 bits per heavy atom. The van der Waals surface area contributed by atoms with Gasteiger partial charge in [0.1, 0.15) is 0 Å². The zero-order chi connectivity index (χ0) is 11.4. The molecule has 1 aromatic carbocycles. The number of hydrogen-bond donors (Lipinski definition) is 0. The van der Waals surface area contributed by atoms with Gasteiger partial charge in [0, 0.05) is 15.9 Å². The van der Waals surface area contributed by atoms with E-state index >= 15 is 0 Å². The number of aryl methyl sites for hydroxylation is 1. The Morgan fingerprint density at radius 1 is 1.19 bits per heavy atom. The largest absolute Gasteiger partial charge is 0.361 e. The van der Waals surface area contributed by atoms with Crippen molar-refractivity contribution >= 4 is 17.5 Å².